The molecule has 2 N–H and O–H groups in total. The predicted octanol–water partition coefficient (Wildman–Crippen LogP) is 0.860. The lowest BCUT2D eigenvalue weighted by molar-refractivity contribution is -0.144. The number of hydrogen-bond donors (Lipinski definition) is 2. The van der Waals surface area contributed by atoms with Crippen molar-refractivity contribution in [2.75, 3.05) is 0 Å². The Morgan fingerprint density at radius 2 is 2.06 bits per heavy atom. The highest BCUT2D eigenvalue weighted by atomic mass is 28.3. The first-order valence-corrected chi connectivity index (χ1v) is 9.35. The molecule has 0 spiro atoms. The molecule has 0 amide bonds. The van der Waals surface area contributed by atoms with E-state index in [0.717, 1.165) is 0 Å². The number of ether oxygens (including phenoxy) is 1. The molecule has 1 heterocycles. The quantitative estimate of drug-likeness (QED) is 0.414. The zero-order valence-electron chi connectivity index (χ0n) is 10.4. The highest BCUT2D eigenvalue weighted by Crippen LogP contribution is 2.45. The van der Waals surface area contributed by atoms with Crippen LogP contribution in [0.25, 0.3) is 0 Å². The zero-order chi connectivity index (χ0) is 12.8. The van der Waals surface area contributed by atoms with Crippen LogP contribution in [0.4, 0.5) is 0 Å². The van der Waals surface area contributed by atoms with Gasteiger partial charge < -0.3 is 14.9 Å². The number of carboxylic acids is 1. The van der Waals surface area contributed by atoms with Crippen molar-refractivity contribution >= 4 is 14.0 Å². The summed E-state index contributed by atoms with van der Waals surface area (Å²) < 4.78 is 5.28. The van der Waals surface area contributed by atoms with Crippen LogP contribution in [-0.4, -0.2) is 42.1 Å². The average Bonchev–Trinajstić information content (AvgIpc) is 2.91. The predicted molar refractivity (Wildman–Crippen MR) is 65.1 cm³/mol. The molecule has 0 aromatic heterocycles. The lowest BCUT2D eigenvalue weighted by Gasteiger charge is -2.28. The summed E-state index contributed by atoms with van der Waals surface area (Å²) in [6.07, 6.45) is 0.298. The molecule has 1 saturated carbocycles. The second kappa shape index (κ2) is 3.84. The Hall–Kier alpha value is -0.833. The number of fused-ring (bicyclic) bond motifs is 1. The van der Waals surface area contributed by atoms with E-state index in [-0.39, 0.29) is 18.6 Å². The van der Waals surface area contributed by atoms with Crippen molar-refractivity contribution in [3.05, 3.63) is 0 Å². The van der Waals surface area contributed by atoms with Crippen LogP contribution in [-0.2, 0) is 9.53 Å². The number of aliphatic carboxylic acids is 1. The van der Waals surface area contributed by atoms with Crippen LogP contribution in [0.3, 0.4) is 0 Å². The molecule has 2 rings (SSSR count). The molecular weight excluding hydrogens is 236 g/mol. The van der Waals surface area contributed by atoms with Crippen LogP contribution in [0.2, 0.25) is 19.6 Å². The van der Waals surface area contributed by atoms with Crippen molar-refractivity contribution < 1.29 is 19.7 Å². The van der Waals surface area contributed by atoms with E-state index in [1.807, 2.05) is 0 Å². The topological polar surface area (TPSA) is 70.1 Å². The minimum Gasteiger partial charge on any atom is -0.481 e. The highest BCUT2D eigenvalue weighted by Gasteiger charge is 2.57. The molecule has 2 aliphatic rings. The summed E-state index contributed by atoms with van der Waals surface area (Å²) in [5.74, 6) is 1.39. The van der Waals surface area contributed by atoms with E-state index in [1.54, 1.807) is 0 Å². The summed E-state index contributed by atoms with van der Waals surface area (Å²) in [5, 5.41) is 19.4. The molecule has 1 aliphatic carbocycles. The summed E-state index contributed by atoms with van der Waals surface area (Å²) in [4.78, 5) is 11.0. The third-order valence-electron chi connectivity index (χ3n) is 3.10. The zero-order valence-corrected chi connectivity index (χ0v) is 11.4. The van der Waals surface area contributed by atoms with Crippen molar-refractivity contribution in [2.45, 2.75) is 50.3 Å². The average molecular weight is 254 g/mol. The molecule has 17 heavy (non-hydrogen) atoms. The molecule has 0 radical (unpaired) electrons. The van der Waals surface area contributed by atoms with Crippen molar-refractivity contribution in [3.63, 3.8) is 0 Å². The molecule has 4 nitrogen and oxygen atoms in total. The number of rotatable bonds is 1. The van der Waals surface area contributed by atoms with Gasteiger partial charge in [-0.25, -0.2) is 0 Å². The second-order valence-corrected chi connectivity index (χ2v) is 10.8. The summed E-state index contributed by atoms with van der Waals surface area (Å²) in [5.41, 5.74) is 1.94. The van der Waals surface area contributed by atoms with Crippen LogP contribution in [0, 0.1) is 17.4 Å². The maximum absolute atomic E-state index is 11.0. The summed E-state index contributed by atoms with van der Waals surface area (Å²) in [6.45, 7) is 6.28. The van der Waals surface area contributed by atoms with Crippen molar-refractivity contribution in [1.82, 2.24) is 0 Å². The Kier molecular flexibility index (Phi) is 2.85. The summed E-state index contributed by atoms with van der Waals surface area (Å²) >= 11 is 0. The van der Waals surface area contributed by atoms with Crippen LogP contribution < -0.4 is 0 Å². The van der Waals surface area contributed by atoms with Gasteiger partial charge in [-0.15, -0.1) is 5.54 Å². The first-order valence-electron chi connectivity index (χ1n) is 5.85. The third-order valence-corrected chi connectivity index (χ3v) is 3.98. The van der Waals surface area contributed by atoms with E-state index in [2.05, 4.69) is 31.1 Å². The minimum absolute atomic E-state index is 0.120. The lowest BCUT2D eigenvalue weighted by atomic mass is 9.78. The Morgan fingerprint density at radius 3 is 2.59 bits per heavy atom. The number of hydrogen-bond acceptors (Lipinski definition) is 3. The molecule has 94 valence electrons. The molecule has 2 fully saturated rings. The molecular formula is C12H18O4Si. The molecule has 5 heteroatoms. The monoisotopic (exact) mass is 254 g/mol. The van der Waals surface area contributed by atoms with E-state index in [1.165, 1.54) is 0 Å². The van der Waals surface area contributed by atoms with Crippen molar-refractivity contribution in [2.24, 2.45) is 5.92 Å². The first kappa shape index (κ1) is 12.6. The molecule has 4 atom stereocenters. The van der Waals surface area contributed by atoms with E-state index < -0.39 is 25.6 Å². The smallest absolute Gasteiger partial charge is 0.309 e. The van der Waals surface area contributed by atoms with Gasteiger partial charge in [0.2, 0.25) is 0 Å². The Morgan fingerprint density at radius 1 is 1.41 bits per heavy atom. The highest BCUT2D eigenvalue weighted by molar-refractivity contribution is 6.83. The van der Waals surface area contributed by atoms with Crippen LogP contribution in [0.5, 0.6) is 0 Å². The minimum atomic E-state index is -1.56. The lowest BCUT2D eigenvalue weighted by Crippen LogP contribution is -2.41. The van der Waals surface area contributed by atoms with Gasteiger partial charge in [-0.3, -0.25) is 4.79 Å². The maximum Gasteiger partial charge on any atom is 0.309 e. The number of carboxylic acid groups (broad SMARTS) is 1. The van der Waals surface area contributed by atoms with E-state index in [4.69, 9.17) is 9.84 Å². The number of aliphatic hydroxyl groups is 1. The van der Waals surface area contributed by atoms with Gasteiger partial charge in [0.05, 0.1) is 18.1 Å². The summed E-state index contributed by atoms with van der Waals surface area (Å²) in [7, 11) is -1.56. The first-order chi connectivity index (χ1) is 7.70. The molecule has 1 aliphatic heterocycles. The number of carbonyl (C=O) groups is 1. The third kappa shape index (κ3) is 2.89. The standard InChI is InChI=1S/C12H18O4Si/c1-17(2,3)5-4-12(15)6-8(11(13)14)10-9(7-12)16-10/h8-10,15H,6-7H2,1-3H3,(H,13,14). The second-order valence-electron chi connectivity index (χ2n) is 6.02. The SMILES string of the molecule is C[Si](C)(C)C#CC1(O)CC2OC2C(C(=O)O)C1. The molecule has 0 aromatic carbocycles. The molecule has 0 aromatic rings. The van der Waals surface area contributed by atoms with Gasteiger partial charge in [0, 0.05) is 12.8 Å². The van der Waals surface area contributed by atoms with E-state index >= 15 is 0 Å². The van der Waals surface area contributed by atoms with Crippen molar-refractivity contribution in [1.29, 1.82) is 0 Å². The fourth-order valence-corrected chi connectivity index (χ4v) is 2.81. The fraction of sp³-hybridized carbons (Fsp3) is 0.750. The largest absolute Gasteiger partial charge is 0.481 e. The molecule has 4 unspecified atom stereocenters. The van der Waals surface area contributed by atoms with Gasteiger partial charge in [-0.1, -0.05) is 25.6 Å². The van der Waals surface area contributed by atoms with E-state index in [0.29, 0.717) is 6.42 Å². The van der Waals surface area contributed by atoms with Gasteiger partial charge in [0.25, 0.3) is 0 Å². The van der Waals surface area contributed by atoms with Gasteiger partial charge in [-0.2, -0.15) is 0 Å². The van der Waals surface area contributed by atoms with Crippen LogP contribution >= 0.6 is 0 Å². The van der Waals surface area contributed by atoms with Crippen molar-refractivity contribution in [3.8, 4) is 11.5 Å². The summed E-state index contributed by atoms with van der Waals surface area (Å²) in [6, 6.07) is 0. The Labute approximate surface area is 102 Å². The van der Waals surface area contributed by atoms with Gasteiger partial charge in [-0.05, 0) is 0 Å². The fourth-order valence-electron chi connectivity index (χ4n) is 2.20. The maximum atomic E-state index is 11.0. The molecule has 1 saturated heterocycles. The van der Waals surface area contributed by atoms with Gasteiger partial charge >= 0.3 is 5.97 Å². The Bertz CT molecular complexity index is 403. The van der Waals surface area contributed by atoms with Gasteiger partial charge in [0.15, 0.2) is 0 Å². The van der Waals surface area contributed by atoms with Crippen LogP contribution in [0.15, 0.2) is 0 Å². The van der Waals surface area contributed by atoms with Gasteiger partial charge in [0.1, 0.15) is 13.7 Å². The van der Waals surface area contributed by atoms with E-state index in [9.17, 15) is 9.90 Å². The number of epoxide rings is 1. The molecule has 0 bridgehead atoms. The Balaban J connectivity index is 2.15. The normalized spacial score (nSPS) is 39.9. The van der Waals surface area contributed by atoms with Crippen LogP contribution in [0.1, 0.15) is 12.8 Å².